The van der Waals surface area contributed by atoms with Crippen molar-refractivity contribution < 1.29 is 9.47 Å². The molecule has 1 heterocycles. The molecule has 6 heteroatoms. The maximum atomic E-state index is 5.65. The normalized spacial score (nSPS) is 11.9. The summed E-state index contributed by atoms with van der Waals surface area (Å²) in [4.78, 5) is 8.37. The SMILES string of the molecule is COc1nccnc1C(CCOc1ccccc1)NN. The molecule has 0 amide bonds. The molecule has 1 aromatic heterocycles. The van der Waals surface area contributed by atoms with Crippen molar-refractivity contribution in [2.75, 3.05) is 13.7 Å². The maximum Gasteiger partial charge on any atom is 0.237 e. The Morgan fingerprint density at radius 3 is 2.65 bits per heavy atom. The smallest absolute Gasteiger partial charge is 0.237 e. The number of para-hydroxylation sites is 1. The van der Waals surface area contributed by atoms with Crippen LogP contribution in [0.2, 0.25) is 0 Å². The molecule has 0 aliphatic heterocycles. The zero-order valence-corrected chi connectivity index (χ0v) is 11.3. The van der Waals surface area contributed by atoms with Crippen molar-refractivity contribution in [1.82, 2.24) is 15.4 Å². The number of methoxy groups -OCH3 is 1. The highest BCUT2D eigenvalue weighted by atomic mass is 16.5. The summed E-state index contributed by atoms with van der Waals surface area (Å²) in [6.45, 7) is 0.513. The van der Waals surface area contributed by atoms with Crippen LogP contribution in [0.1, 0.15) is 18.2 Å². The van der Waals surface area contributed by atoms with E-state index in [1.807, 2.05) is 30.3 Å². The van der Waals surface area contributed by atoms with Crippen LogP contribution in [0.5, 0.6) is 11.6 Å². The number of ether oxygens (including phenoxy) is 2. The van der Waals surface area contributed by atoms with E-state index in [-0.39, 0.29) is 6.04 Å². The summed E-state index contributed by atoms with van der Waals surface area (Å²) in [6.07, 6.45) is 3.84. The van der Waals surface area contributed by atoms with Gasteiger partial charge >= 0.3 is 0 Å². The highest BCUT2D eigenvalue weighted by molar-refractivity contribution is 5.22. The summed E-state index contributed by atoms with van der Waals surface area (Å²) in [7, 11) is 1.56. The van der Waals surface area contributed by atoms with Crippen molar-refractivity contribution in [3.8, 4) is 11.6 Å². The number of hydrogen-bond donors (Lipinski definition) is 2. The molecular formula is C14H18N4O2. The van der Waals surface area contributed by atoms with E-state index in [1.54, 1.807) is 19.5 Å². The van der Waals surface area contributed by atoms with Crippen molar-refractivity contribution >= 4 is 0 Å². The molecule has 0 saturated carbocycles. The van der Waals surface area contributed by atoms with E-state index in [4.69, 9.17) is 15.3 Å². The Kier molecular flexibility index (Phi) is 5.28. The third-order valence-electron chi connectivity index (χ3n) is 2.83. The van der Waals surface area contributed by atoms with Crippen molar-refractivity contribution in [2.24, 2.45) is 5.84 Å². The van der Waals surface area contributed by atoms with E-state index in [0.29, 0.717) is 24.6 Å². The van der Waals surface area contributed by atoms with Crippen molar-refractivity contribution in [3.05, 3.63) is 48.4 Å². The van der Waals surface area contributed by atoms with Crippen LogP contribution in [-0.2, 0) is 0 Å². The van der Waals surface area contributed by atoms with E-state index < -0.39 is 0 Å². The molecule has 3 N–H and O–H groups in total. The zero-order chi connectivity index (χ0) is 14.2. The largest absolute Gasteiger partial charge is 0.494 e. The van der Waals surface area contributed by atoms with Gasteiger partial charge in [0.25, 0.3) is 0 Å². The van der Waals surface area contributed by atoms with Gasteiger partial charge in [-0.2, -0.15) is 0 Å². The van der Waals surface area contributed by atoms with Crippen LogP contribution >= 0.6 is 0 Å². The van der Waals surface area contributed by atoms with Crippen LogP contribution in [0.25, 0.3) is 0 Å². The first kappa shape index (κ1) is 14.2. The maximum absolute atomic E-state index is 5.65. The van der Waals surface area contributed by atoms with E-state index >= 15 is 0 Å². The van der Waals surface area contributed by atoms with E-state index in [9.17, 15) is 0 Å². The molecule has 0 radical (unpaired) electrons. The predicted molar refractivity (Wildman–Crippen MR) is 75.2 cm³/mol. The average Bonchev–Trinajstić information content (AvgIpc) is 2.53. The van der Waals surface area contributed by atoms with Gasteiger partial charge in [0.05, 0.1) is 19.8 Å². The van der Waals surface area contributed by atoms with Crippen LogP contribution in [0.4, 0.5) is 0 Å². The van der Waals surface area contributed by atoms with Gasteiger partial charge in [-0.25, -0.2) is 4.98 Å². The fourth-order valence-corrected chi connectivity index (χ4v) is 1.84. The fraction of sp³-hybridized carbons (Fsp3) is 0.286. The van der Waals surface area contributed by atoms with Gasteiger partial charge in [0.15, 0.2) is 0 Å². The van der Waals surface area contributed by atoms with E-state index in [2.05, 4.69) is 15.4 Å². The molecule has 0 aliphatic carbocycles. The van der Waals surface area contributed by atoms with Crippen molar-refractivity contribution in [2.45, 2.75) is 12.5 Å². The highest BCUT2D eigenvalue weighted by Gasteiger charge is 2.17. The lowest BCUT2D eigenvalue weighted by molar-refractivity contribution is 0.281. The van der Waals surface area contributed by atoms with Gasteiger partial charge in [-0.15, -0.1) is 0 Å². The number of rotatable bonds is 7. The Morgan fingerprint density at radius 2 is 1.95 bits per heavy atom. The lowest BCUT2D eigenvalue weighted by Gasteiger charge is -2.17. The molecule has 2 aromatic rings. The molecular weight excluding hydrogens is 256 g/mol. The van der Waals surface area contributed by atoms with Crippen LogP contribution < -0.4 is 20.7 Å². The van der Waals surface area contributed by atoms with Gasteiger partial charge in [0, 0.05) is 18.8 Å². The second kappa shape index (κ2) is 7.42. The molecule has 20 heavy (non-hydrogen) atoms. The van der Waals surface area contributed by atoms with Gasteiger partial charge in [0.1, 0.15) is 11.4 Å². The third kappa shape index (κ3) is 3.66. The molecule has 106 valence electrons. The summed E-state index contributed by atoms with van der Waals surface area (Å²) in [5, 5.41) is 0. The molecule has 1 aromatic carbocycles. The minimum absolute atomic E-state index is 0.178. The van der Waals surface area contributed by atoms with Crippen LogP contribution in [0.3, 0.4) is 0 Å². The minimum atomic E-state index is -0.178. The van der Waals surface area contributed by atoms with Gasteiger partial charge < -0.3 is 9.47 Å². The van der Waals surface area contributed by atoms with Crippen LogP contribution in [-0.4, -0.2) is 23.7 Å². The summed E-state index contributed by atoms with van der Waals surface area (Å²) < 4.78 is 10.8. The van der Waals surface area contributed by atoms with Crippen molar-refractivity contribution in [3.63, 3.8) is 0 Å². The molecule has 0 aliphatic rings. The Hall–Kier alpha value is -2.18. The van der Waals surface area contributed by atoms with Gasteiger partial charge in [0.2, 0.25) is 5.88 Å². The molecule has 6 nitrogen and oxygen atoms in total. The molecule has 0 fully saturated rings. The Labute approximate surface area is 117 Å². The van der Waals surface area contributed by atoms with Crippen LogP contribution in [0, 0.1) is 0 Å². The standard InChI is InChI=1S/C14H18N4O2/c1-19-14-13(16-8-9-17-14)12(18-15)7-10-20-11-5-3-2-4-6-11/h2-6,8-9,12,18H,7,10,15H2,1H3. The average molecular weight is 274 g/mol. The van der Waals surface area contributed by atoms with Crippen molar-refractivity contribution in [1.29, 1.82) is 0 Å². The second-order valence-electron chi connectivity index (χ2n) is 4.12. The first-order valence-corrected chi connectivity index (χ1v) is 6.34. The molecule has 0 saturated heterocycles. The highest BCUT2D eigenvalue weighted by Crippen LogP contribution is 2.22. The summed E-state index contributed by atoms with van der Waals surface area (Å²) >= 11 is 0. The third-order valence-corrected chi connectivity index (χ3v) is 2.83. The summed E-state index contributed by atoms with van der Waals surface area (Å²) in [6, 6.07) is 9.45. The van der Waals surface area contributed by atoms with E-state index in [1.165, 1.54) is 0 Å². The first-order chi connectivity index (χ1) is 9.85. The molecule has 0 spiro atoms. The molecule has 2 rings (SSSR count). The number of nitrogens with one attached hydrogen (secondary N) is 1. The number of benzene rings is 1. The summed E-state index contributed by atoms with van der Waals surface area (Å²) in [5.41, 5.74) is 3.39. The topological polar surface area (TPSA) is 82.3 Å². The molecule has 1 unspecified atom stereocenters. The van der Waals surface area contributed by atoms with Gasteiger partial charge in [-0.3, -0.25) is 16.3 Å². The quantitative estimate of drug-likeness (QED) is 0.587. The number of hydrogen-bond acceptors (Lipinski definition) is 6. The molecule has 0 bridgehead atoms. The first-order valence-electron chi connectivity index (χ1n) is 6.34. The van der Waals surface area contributed by atoms with Gasteiger partial charge in [-0.1, -0.05) is 18.2 Å². The van der Waals surface area contributed by atoms with E-state index in [0.717, 1.165) is 5.75 Å². The second-order valence-corrected chi connectivity index (χ2v) is 4.12. The Bertz CT molecular complexity index is 522. The Balaban J connectivity index is 1.95. The Morgan fingerprint density at radius 1 is 1.20 bits per heavy atom. The number of aromatic nitrogens is 2. The van der Waals surface area contributed by atoms with Gasteiger partial charge in [-0.05, 0) is 12.1 Å². The number of nitrogens with zero attached hydrogens (tertiary/aromatic N) is 2. The molecule has 1 atom stereocenters. The zero-order valence-electron chi connectivity index (χ0n) is 11.3. The fourth-order valence-electron chi connectivity index (χ4n) is 1.84. The van der Waals surface area contributed by atoms with Crippen LogP contribution in [0.15, 0.2) is 42.7 Å². The lowest BCUT2D eigenvalue weighted by atomic mass is 10.1. The number of nitrogens with two attached hydrogens (primary N) is 1. The lowest BCUT2D eigenvalue weighted by Crippen LogP contribution is -2.30. The monoisotopic (exact) mass is 274 g/mol. The minimum Gasteiger partial charge on any atom is -0.494 e. The summed E-state index contributed by atoms with van der Waals surface area (Å²) in [5.74, 6) is 6.87. The predicted octanol–water partition coefficient (Wildman–Crippen LogP) is 1.46. The number of hydrazine groups is 1.